The number of nitrogens with zero attached hydrogens (tertiary/aromatic N) is 4. The molecule has 0 saturated carbocycles. The summed E-state index contributed by atoms with van der Waals surface area (Å²) in [5, 5.41) is 5.49. The van der Waals surface area contributed by atoms with Crippen molar-refractivity contribution >= 4 is 75.0 Å². The SMILES string of the molecule is c1ccc(-c2nc(-c3ccc4c(c3)oc3ccccc34)nc(-c3c4sc(-c5ccccc5)nc4cc4c3sc3ccccc34)n2)cc1. The average Bonchev–Trinajstić information content (AvgIpc) is 3.84. The second kappa shape index (κ2) is 10.4. The predicted molar refractivity (Wildman–Crippen MR) is 195 cm³/mol. The van der Waals surface area contributed by atoms with Gasteiger partial charge in [0.1, 0.15) is 16.2 Å². The van der Waals surface area contributed by atoms with Gasteiger partial charge in [-0.3, -0.25) is 0 Å². The first-order chi connectivity index (χ1) is 23.3. The summed E-state index contributed by atoms with van der Waals surface area (Å²) in [5.74, 6) is 1.84. The molecule has 0 spiro atoms. The number of thiophene rings is 1. The highest BCUT2D eigenvalue weighted by atomic mass is 32.1. The summed E-state index contributed by atoms with van der Waals surface area (Å²) < 4.78 is 9.69. The molecule has 0 radical (unpaired) electrons. The molecule has 0 atom stereocenters. The summed E-state index contributed by atoms with van der Waals surface area (Å²) in [7, 11) is 0. The van der Waals surface area contributed by atoms with Gasteiger partial charge >= 0.3 is 0 Å². The van der Waals surface area contributed by atoms with Crippen LogP contribution in [0.4, 0.5) is 0 Å². The van der Waals surface area contributed by atoms with E-state index >= 15 is 0 Å². The van der Waals surface area contributed by atoms with Crippen LogP contribution in [0.3, 0.4) is 0 Å². The van der Waals surface area contributed by atoms with Crippen molar-refractivity contribution in [3.8, 4) is 44.7 Å². The molecule has 10 aromatic rings. The molecule has 5 nitrogen and oxygen atoms in total. The van der Waals surface area contributed by atoms with Crippen LogP contribution in [-0.2, 0) is 0 Å². The maximum Gasteiger partial charge on any atom is 0.167 e. The minimum absolute atomic E-state index is 0.593. The zero-order valence-corrected chi connectivity index (χ0v) is 26.3. The number of benzene rings is 6. The van der Waals surface area contributed by atoms with Crippen molar-refractivity contribution in [2.45, 2.75) is 0 Å². The van der Waals surface area contributed by atoms with E-state index in [1.54, 1.807) is 22.7 Å². The van der Waals surface area contributed by atoms with Crippen LogP contribution >= 0.6 is 22.7 Å². The molecule has 0 saturated heterocycles. The third-order valence-corrected chi connectivity index (χ3v) is 10.9. The maximum absolute atomic E-state index is 6.26. The fourth-order valence-corrected chi connectivity index (χ4v) is 8.74. The Morgan fingerprint density at radius 2 is 1.09 bits per heavy atom. The Morgan fingerprint density at radius 1 is 0.426 bits per heavy atom. The van der Waals surface area contributed by atoms with E-state index in [1.165, 1.54) is 10.1 Å². The average molecular weight is 639 g/mol. The Bertz CT molecular complexity index is 2800. The summed E-state index contributed by atoms with van der Waals surface area (Å²) >= 11 is 3.46. The second-order valence-corrected chi connectivity index (χ2v) is 13.5. The maximum atomic E-state index is 6.26. The van der Waals surface area contributed by atoms with Crippen LogP contribution < -0.4 is 0 Å². The summed E-state index contributed by atoms with van der Waals surface area (Å²) in [6, 6.07) is 45.6. The van der Waals surface area contributed by atoms with Gasteiger partial charge in [0.05, 0.1) is 15.8 Å². The van der Waals surface area contributed by atoms with E-state index in [4.69, 9.17) is 24.4 Å². The van der Waals surface area contributed by atoms with E-state index in [2.05, 4.69) is 72.8 Å². The zero-order valence-electron chi connectivity index (χ0n) is 24.7. The molecule has 0 aliphatic carbocycles. The van der Waals surface area contributed by atoms with Gasteiger partial charge in [0.25, 0.3) is 0 Å². The Morgan fingerprint density at radius 3 is 1.91 bits per heavy atom. The summed E-state index contributed by atoms with van der Waals surface area (Å²) in [4.78, 5) is 20.6. The number of thiazole rings is 1. The van der Waals surface area contributed by atoms with E-state index in [9.17, 15) is 0 Å². The Kier molecular flexibility index (Phi) is 5.85. The Hall–Kier alpha value is -5.76. The van der Waals surface area contributed by atoms with Crippen molar-refractivity contribution in [1.82, 2.24) is 19.9 Å². The van der Waals surface area contributed by atoms with Crippen LogP contribution in [0.25, 0.3) is 97.1 Å². The van der Waals surface area contributed by atoms with Gasteiger partial charge < -0.3 is 4.42 Å². The number of aromatic nitrogens is 4. The fraction of sp³-hybridized carbons (Fsp3) is 0. The van der Waals surface area contributed by atoms with Gasteiger partial charge in [0.15, 0.2) is 17.5 Å². The lowest BCUT2D eigenvalue weighted by molar-refractivity contribution is 0.669. The van der Waals surface area contributed by atoms with Gasteiger partial charge in [-0.1, -0.05) is 103 Å². The first-order valence-corrected chi connectivity index (χ1v) is 16.9. The van der Waals surface area contributed by atoms with E-state index in [0.29, 0.717) is 17.5 Å². The Balaban J connectivity index is 1.28. The minimum atomic E-state index is 0.593. The lowest BCUT2D eigenvalue weighted by Crippen LogP contribution is -2.00. The number of hydrogen-bond donors (Lipinski definition) is 0. The normalized spacial score (nSPS) is 11.8. The molecule has 10 rings (SSSR count). The molecule has 0 aliphatic rings. The molecule has 0 bridgehead atoms. The highest BCUT2D eigenvalue weighted by Crippen LogP contribution is 2.46. The van der Waals surface area contributed by atoms with Gasteiger partial charge in [0, 0.05) is 47.6 Å². The molecular weight excluding hydrogens is 617 g/mol. The van der Waals surface area contributed by atoms with Crippen LogP contribution in [0.5, 0.6) is 0 Å². The minimum Gasteiger partial charge on any atom is -0.456 e. The van der Waals surface area contributed by atoms with E-state index in [1.807, 2.05) is 60.7 Å². The summed E-state index contributed by atoms with van der Waals surface area (Å²) in [6.45, 7) is 0. The number of rotatable bonds is 4. The van der Waals surface area contributed by atoms with Gasteiger partial charge in [-0.2, -0.15) is 0 Å². The van der Waals surface area contributed by atoms with Crippen molar-refractivity contribution in [2.24, 2.45) is 0 Å². The molecule has 4 aromatic heterocycles. The highest BCUT2D eigenvalue weighted by Gasteiger charge is 2.23. The molecule has 0 aliphatic heterocycles. The topological polar surface area (TPSA) is 64.7 Å². The van der Waals surface area contributed by atoms with Crippen LogP contribution in [0.2, 0.25) is 0 Å². The van der Waals surface area contributed by atoms with E-state index in [-0.39, 0.29) is 0 Å². The lowest BCUT2D eigenvalue weighted by atomic mass is 10.1. The molecule has 4 heterocycles. The van der Waals surface area contributed by atoms with Crippen molar-refractivity contribution < 1.29 is 4.42 Å². The van der Waals surface area contributed by atoms with Crippen LogP contribution in [0.1, 0.15) is 0 Å². The molecule has 6 aromatic carbocycles. The zero-order chi connectivity index (χ0) is 30.9. The number of hydrogen-bond acceptors (Lipinski definition) is 7. The van der Waals surface area contributed by atoms with Gasteiger partial charge in [-0.15, -0.1) is 22.7 Å². The van der Waals surface area contributed by atoms with Crippen LogP contribution in [0.15, 0.2) is 138 Å². The predicted octanol–water partition coefficient (Wildman–Crippen LogP) is 11.4. The molecule has 0 fully saturated rings. The second-order valence-electron chi connectivity index (χ2n) is 11.4. The van der Waals surface area contributed by atoms with Crippen molar-refractivity contribution in [3.05, 3.63) is 133 Å². The quantitative estimate of drug-likeness (QED) is 0.192. The summed E-state index contributed by atoms with van der Waals surface area (Å²) in [6.07, 6.45) is 0. The van der Waals surface area contributed by atoms with Crippen LogP contribution in [0, 0.1) is 0 Å². The Labute approximate surface area is 276 Å². The summed E-state index contributed by atoms with van der Waals surface area (Å²) in [5.41, 5.74) is 6.47. The molecule has 220 valence electrons. The first kappa shape index (κ1) is 26.5. The van der Waals surface area contributed by atoms with E-state index < -0.39 is 0 Å². The standard InChI is InChI=1S/C40H22N4OS2/c1-3-11-23(12-4-1)37-42-38(25-19-20-27-26-15-7-9-17-31(26)45-32(27)21-25)44-39(43-37)34-35-29(28-16-8-10-18-33(28)46-35)22-30-36(34)47-40(41-30)24-13-5-2-6-14-24/h1-22H. The van der Waals surface area contributed by atoms with Crippen LogP contribution in [-0.4, -0.2) is 19.9 Å². The van der Waals surface area contributed by atoms with Gasteiger partial charge in [-0.25, -0.2) is 19.9 Å². The molecule has 0 N–H and O–H groups in total. The van der Waals surface area contributed by atoms with Crippen molar-refractivity contribution in [3.63, 3.8) is 0 Å². The van der Waals surface area contributed by atoms with Crippen molar-refractivity contribution in [1.29, 1.82) is 0 Å². The highest BCUT2D eigenvalue weighted by molar-refractivity contribution is 7.27. The fourth-order valence-electron chi connectivity index (χ4n) is 6.35. The molecule has 0 unspecified atom stereocenters. The van der Waals surface area contributed by atoms with Gasteiger partial charge in [0.2, 0.25) is 0 Å². The number of fused-ring (bicyclic) bond motifs is 7. The van der Waals surface area contributed by atoms with E-state index in [0.717, 1.165) is 69.5 Å². The van der Waals surface area contributed by atoms with Gasteiger partial charge in [-0.05, 0) is 30.3 Å². The smallest absolute Gasteiger partial charge is 0.167 e. The third kappa shape index (κ3) is 4.28. The number of para-hydroxylation sites is 1. The largest absolute Gasteiger partial charge is 0.456 e. The third-order valence-electron chi connectivity index (χ3n) is 8.57. The monoisotopic (exact) mass is 638 g/mol. The molecule has 0 amide bonds. The lowest BCUT2D eigenvalue weighted by Gasteiger charge is -2.10. The molecular formula is C40H22N4OS2. The number of furan rings is 1. The molecule has 7 heteroatoms. The van der Waals surface area contributed by atoms with Crippen molar-refractivity contribution in [2.75, 3.05) is 0 Å². The first-order valence-electron chi connectivity index (χ1n) is 15.3. The molecule has 47 heavy (non-hydrogen) atoms.